The molecule has 416 valence electrons. The van der Waals surface area contributed by atoms with Crippen LogP contribution < -0.4 is 10.2 Å². The van der Waals surface area contributed by atoms with Gasteiger partial charge in [-0.05, 0) is 107 Å². The van der Waals surface area contributed by atoms with E-state index in [4.69, 9.17) is 42.1 Å². The summed E-state index contributed by atoms with van der Waals surface area (Å²) in [4.78, 5) is 74.6. The van der Waals surface area contributed by atoms with Crippen LogP contribution in [-0.4, -0.2) is 93.1 Å². The molecule has 4 heterocycles. The standard InChI is InChI=1S/C25H25ClN6O6S.C16H10ClN5O2S.C10H18O5/c1-24(2,3)37-22(33)30(21-29-28-20(39-21)14-8-7-9-15(12-14)32(35)36)18-11-10-17-16(19(18)26)13-27-31(17)23(34)38-25(4,5)6;17-14-12-8-18-7-10(12)4-5-13(14)19-16-21-20-15(25-16)9-2-1-3-11(6-9)22(23)24;1-9(2,3)14-7(11)13-8(12)15-10(4,5)6/h7-13H,1-6H3;1-6,8H,7H2,(H,19,21);1-6H3. The van der Waals surface area contributed by atoms with E-state index in [1.807, 2.05) is 12.1 Å². The minimum Gasteiger partial charge on any atom is -0.443 e. The summed E-state index contributed by atoms with van der Waals surface area (Å²) < 4.78 is 25.9. The molecule has 4 aromatic carbocycles. The first-order chi connectivity index (χ1) is 36.8. The molecular formula is C51H53Cl2N11O13S2. The van der Waals surface area contributed by atoms with E-state index in [2.05, 4.69) is 40.5 Å². The van der Waals surface area contributed by atoms with Crippen molar-refractivity contribution in [2.45, 2.75) is 112 Å². The van der Waals surface area contributed by atoms with Crippen LogP contribution in [0.25, 0.3) is 32.0 Å². The Labute approximate surface area is 469 Å². The average Bonchev–Trinajstić information content (AvgIpc) is 4.30. The van der Waals surface area contributed by atoms with E-state index in [0.717, 1.165) is 37.7 Å². The summed E-state index contributed by atoms with van der Waals surface area (Å²) in [7, 11) is 0. The third-order valence-corrected chi connectivity index (χ3v) is 12.3. The van der Waals surface area contributed by atoms with Crippen LogP contribution in [0, 0.1) is 20.2 Å². The lowest BCUT2D eigenvalue weighted by Crippen LogP contribution is -2.34. The van der Waals surface area contributed by atoms with E-state index in [-0.39, 0.29) is 27.2 Å². The van der Waals surface area contributed by atoms with Crippen molar-refractivity contribution in [1.82, 2.24) is 30.2 Å². The van der Waals surface area contributed by atoms with Gasteiger partial charge in [-0.1, -0.05) is 76.2 Å². The quantitative estimate of drug-likeness (QED) is 0.0486. The number of halogens is 2. The zero-order chi connectivity index (χ0) is 58.4. The highest BCUT2D eigenvalue weighted by atomic mass is 35.5. The Bertz CT molecular complexity index is 3460. The Morgan fingerprint density at radius 3 is 1.76 bits per heavy atom. The van der Waals surface area contributed by atoms with E-state index in [1.165, 1.54) is 53.9 Å². The Balaban J connectivity index is 0.000000214. The van der Waals surface area contributed by atoms with E-state index >= 15 is 0 Å². The van der Waals surface area contributed by atoms with Gasteiger partial charge in [-0.3, -0.25) is 25.2 Å². The van der Waals surface area contributed by atoms with Gasteiger partial charge < -0.3 is 29.0 Å². The number of ether oxygens (including phenoxy) is 5. The number of fused-ring (bicyclic) bond motifs is 2. The second-order valence-corrected chi connectivity index (χ2v) is 23.4. The van der Waals surface area contributed by atoms with Gasteiger partial charge >= 0.3 is 24.5 Å². The molecule has 0 unspecified atom stereocenters. The summed E-state index contributed by atoms with van der Waals surface area (Å²) in [5.74, 6) is 0. The fourth-order valence-corrected chi connectivity index (χ4v) is 8.72. The van der Waals surface area contributed by atoms with Gasteiger partial charge in [0.2, 0.25) is 10.3 Å². The molecule has 0 fully saturated rings. The van der Waals surface area contributed by atoms with E-state index in [1.54, 1.807) is 114 Å². The van der Waals surface area contributed by atoms with Gasteiger partial charge in [0.1, 0.15) is 32.4 Å². The number of nitrogens with one attached hydrogen (secondary N) is 1. The van der Waals surface area contributed by atoms with Gasteiger partial charge in [0.05, 0.1) is 49.5 Å². The lowest BCUT2D eigenvalue weighted by atomic mass is 10.1. The minimum atomic E-state index is -1.06. The summed E-state index contributed by atoms with van der Waals surface area (Å²) >= 11 is 15.5. The zero-order valence-electron chi connectivity index (χ0n) is 44.6. The number of hydrogen-bond donors (Lipinski definition) is 1. The van der Waals surface area contributed by atoms with Gasteiger partial charge in [-0.2, -0.15) is 9.78 Å². The van der Waals surface area contributed by atoms with Gasteiger partial charge in [0.25, 0.3) is 11.4 Å². The fourth-order valence-electron chi connectivity index (χ4n) is 6.55. The molecule has 0 spiro atoms. The molecule has 1 N–H and O–H groups in total. The summed E-state index contributed by atoms with van der Waals surface area (Å²) in [5, 5.41) is 48.6. The van der Waals surface area contributed by atoms with Crippen LogP contribution in [-0.2, 0) is 30.2 Å². The molecular weight excluding hydrogens is 1110 g/mol. The number of benzene rings is 4. The van der Waals surface area contributed by atoms with Crippen molar-refractivity contribution < 1.29 is 52.7 Å². The van der Waals surface area contributed by atoms with Gasteiger partial charge in [-0.25, -0.2) is 24.1 Å². The monoisotopic (exact) mass is 1160 g/mol. The number of nitrogens with zero attached hydrogens (tertiary/aromatic N) is 10. The number of nitro groups is 2. The number of nitro benzene ring substituents is 2. The van der Waals surface area contributed by atoms with Crippen LogP contribution in [0.4, 0.5) is 52.2 Å². The Kier molecular flexibility index (Phi) is 18.4. The second kappa shape index (κ2) is 24.2. The minimum absolute atomic E-state index is 0.0168. The number of non-ortho nitro benzene ring substituents is 2. The highest BCUT2D eigenvalue weighted by Gasteiger charge is 2.32. The number of rotatable bonds is 8. The third-order valence-electron chi connectivity index (χ3n) is 9.63. The molecule has 1 amide bonds. The molecule has 3 aromatic heterocycles. The maximum absolute atomic E-state index is 13.4. The molecule has 0 bridgehead atoms. The maximum atomic E-state index is 13.4. The first-order valence-corrected chi connectivity index (χ1v) is 26.0. The molecule has 0 radical (unpaired) electrons. The van der Waals surface area contributed by atoms with Gasteiger partial charge in [0.15, 0.2) is 0 Å². The lowest BCUT2D eigenvalue weighted by molar-refractivity contribution is -0.385. The van der Waals surface area contributed by atoms with E-state index in [0.29, 0.717) is 48.7 Å². The van der Waals surface area contributed by atoms with Crippen LogP contribution in [0.3, 0.4) is 0 Å². The van der Waals surface area contributed by atoms with Gasteiger partial charge in [0, 0.05) is 52.6 Å². The predicted octanol–water partition coefficient (Wildman–Crippen LogP) is 14.3. The van der Waals surface area contributed by atoms with Crippen molar-refractivity contribution in [3.8, 4) is 21.1 Å². The molecule has 28 heteroatoms. The van der Waals surface area contributed by atoms with Crippen molar-refractivity contribution in [3.05, 3.63) is 120 Å². The third kappa shape index (κ3) is 16.7. The van der Waals surface area contributed by atoms with Crippen LogP contribution in [0.15, 0.2) is 84.0 Å². The Morgan fingerprint density at radius 1 is 0.671 bits per heavy atom. The van der Waals surface area contributed by atoms with Crippen molar-refractivity contribution in [2.24, 2.45) is 4.99 Å². The van der Waals surface area contributed by atoms with Crippen LogP contribution >= 0.6 is 45.9 Å². The largest absolute Gasteiger partial charge is 0.519 e. The smallest absolute Gasteiger partial charge is 0.443 e. The normalized spacial score (nSPS) is 12.0. The van der Waals surface area contributed by atoms with Gasteiger partial charge in [-0.15, -0.1) is 20.4 Å². The summed E-state index contributed by atoms with van der Waals surface area (Å²) in [6, 6.07) is 19.2. The number of aromatic nitrogens is 6. The van der Waals surface area contributed by atoms with E-state index in [9.17, 15) is 39.4 Å². The lowest BCUT2D eigenvalue weighted by Gasteiger charge is -2.26. The molecule has 8 rings (SSSR count). The van der Waals surface area contributed by atoms with Crippen molar-refractivity contribution in [2.75, 3.05) is 10.2 Å². The van der Waals surface area contributed by atoms with Crippen LogP contribution in [0.2, 0.25) is 10.0 Å². The first kappa shape index (κ1) is 60.0. The highest BCUT2D eigenvalue weighted by molar-refractivity contribution is 7.19. The number of amides is 1. The van der Waals surface area contributed by atoms with Crippen LogP contribution in [0.1, 0.15) is 94.2 Å². The van der Waals surface area contributed by atoms with Crippen molar-refractivity contribution >= 4 is 121 Å². The highest BCUT2D eigenvalue weighted by Crippen LogP contribution is 2.41. The number of anilines is 4. The Morgan fingerprint density at radius 2 is 1.22 bits per heavy atom. The topological polar surface area (TPSA) is 298 Å². The van der Waals surface area contributed by atoms with Crippen molar-refractivity contribution in [3.63, 3.8) is 0 Å². The molecule has 0 aliphatic carbocycles. The number of carbonyl (C=O) groups excluding carboxylic acids is 4. The molecule has 0 saturated heterocycles. The van der Waals surface area contributed by atoms with E-state index < -0.39 is 56.7 Å². The maximum Gasteiger partial charge on any atom is 0.519 e. The molecule has 24 nitrogen and oxygen atoms in total. The molecule has 0 saturated carbocycles. The predicted molar refractivity (Wildman–Crippen MR) is 298 cm³/mol. The molecule has 1 aliphatic heterocycles. The Hall–Kier alpha value is -8.20. The molecule has 7 aromatic rings. The SMILES string of the molecule is CC(C)(C)OC(=O)N(c1nnc(-c2cccc([N+](=O)[O-])c2)s1)c1ccc2c(cnn2C(=O)OC(C)(C)C)c1Cl.CC(C)(C)OC(=O)OC(=O)OC(C)(C)C.O=[N+]([O-])c1cccc(-c2nnc(Nc3ccc4c(c3Cl)C=NC4)s2)c1. The summed E-state index contributed by atoms with van der Waals surface area (Å²) in [5.41, 5.74) is 1.34. The number of aliphatic imine (C=N–C) groups is 1. The second-order valence-electron chi connectivity index (χ2n) is 20.7. The van der Waals surface area contributed by atoms with Crippen LogP contribution in [0.5, 0.6) is 0 Å². The molecule has 79 heavy (non-hydrogen) atoms. The number of hydrogen-bond acceptors (Lipinski definition) is 22. The summed E-state index contributed by atoms with van der Waals surface area (Å²) in [6.07, 6.45) is -0.417. The van der Waals surface area contributed by atoms with Crippen molar-refractivity contribution in [1.29, 1.82) is 0 Å². The average molecular weight is 1160 g/mol. The summed E-state index contributed by atoms with van der Waals surface area (Å²) in [6.45, 7) is 21.0. The number of carbonyl (C=O) groups is 4. The zero-order valence-corrected chi connectivity index (χ0v) is 47.8. The molecule has 0 atom stereocenters. The first-order valence-electron chi connectivity index (χ1n) is 23.6. The molecule has 1 aliphatic rings. The fraction of sp³-hybridized carbons (Fsp3) is 0.333.